The minimum atomic E-state index is -1.27. The Hall–Kier alpha value is -2.35. The monoisotopic (exact) mass is 380 g/mol. The molecular formula is C15H13BrN2O5. The van der Waals surface area contributed by atoms with Gasteiger partial charge in [0.05, 0.1) is 6.54 Å². The first-order valence-electron chi connectivity index (χ1n) is 6.89. The highest BCUT2D eigenvalue weighted by Gasteiger charge is 2.41. The summed E-state index contributed by atoms with van der Waals surface area (Å²) in [6.45, 7) is -0.00162. The molecule has 0 bridgehead atoms. The zero-order chi connectivity index (χ0) is 16.6. The summed E-state index contributed by atoms with van der Waals surface area (Å²) in [7, 11) is 0. The van der Waals surface area contributed by atoms with Gasteiger partial charge in [0.25, 0.3) is 0 Å². The van der Waals surface area contributed by atoms with Crippen LogP contribution in [0.4, 0.5) is 4.79 Å². The molecule has 2 N–H and O–H groups in total. The highest BCUT2D eigenvalue weighted by Crippen LogP contribution is 2.29. The van der Waals surface area contributed by atoms with Gasteiger partial charge in [0.2, 0.25) is 5.88 Å². The van der Waals surface area contributed by atoms with E-state index < -0.39 is 24.2 Å². The van der Waals surface area contributed by atoms with Crippen LogP contribution in [-0.2, 0) is 4.79 Å². The predicted octanol–water partition coefficient (Wildman–Crippen LogP) is 2.58. The number of nitrogens with zero attached hydrogens (tertiary/aromatic N) is 2. The number of amides is 1. The van der Waals surface area contributed by atoms with Crippen molar-refractivity contribution in [3.8, 4) is 5.88 Å². The van der Waals surface area contributed by atoms with Crippen molar-refractivity contribution in [3.05, 3.63) is 34.9 Å². The van der Waals surface area contributed by atoms with Crippen molar-refractivity contribution in [3.63, 3.8) is 0 Å². The minimum Gasteiger partial charge on any atom is -0.480 e. The van der Waals surface area contributed by atoms with Crippen molar-refractivity contribution < 1.29 is 24.5 Å². The summed E-state index contributed by atoms with van der Waals surface area (Å²) >= 11 is 3.39. The standard InChI is InChI=1S/C15H13BrN2O5/c16-9-2-1-8-3-4-17-13(11(8)5-9)23-10-6-12(14(19)20)18(7-10)15(21)22/h1-5,10,12H,6-7H2,(H,19,20)(H,21,22)/t10-,12+/m1/s1. The molecule has 7 nitrogen and oxygen atoms in total. The molecule has 1 aromatic heterocycles. The fraction of sp³-hybridized carbons (Fsp3) is 0.267. The first kappa shape index (κ1) is 15.5. The smallest absolute Gasteiger partial charge is 0.408 e. The summed E-state index contributed by atoms with van der Waals surface area (Å²) in [5.74, 6) is -0.808. The molecule has 2 aromatic rings. The number of carbonyl (C=O) groups is 2. The molecule has 0 saturated carbocycles. The number of halogens is 1. The average molecular weight is 381 g/mol. The lowest BCUT2D eigenvalue weighted by Gasteiger charge is -2.16. The summed E-state index contributed by atoms with van der Waals surface area (Å²) < 4.78 is 6.67. The van der Waals surface area contributed by atoms with E-state index in [4.69, 9.17) is 14.9 Å². The van der Waals surface area contributed by atoms with Gasteiger partial charge in [0.15, 0.2) is 0 Å². The number of rotatable bonds is 3. The second kappa shape index (κ2) is 6.04. The van der Waals surface area contributed by atoms with Gasteiger partial charge in [-0.25, -0.2) is 14.6 Å². The van der Waals surface area contributed by atoms with E-state index in [0.29, 0.717) is 5.88 Å². The molecule has 2 atom stereocenters. The van der Waals surface area contributed by atoms with Crippen LogP contribution < -0.4 is 4.74 Å². The molecule has 3 rings (SSSR count). The molecule has 1 fully saturated rings. The summed E-state index contributed by atoms with van der Waals surface area (Å²) in [6, 6.07) is 6.41. The number of pyridine rings is 1. The van der Waals surface area contributed by atoms with Crippen LogP contribution in [0.5, 0.6) is 5.88 Å². The second-order valence-electron chi connectivity index (χ2n) is 5.25. The van der Waals surface area contributed by atoms with Crippen molar-refractivity contribution in [2.75, 3.05) is 6.54 Å². The maximum absolute atomic E-state index is 11.2. The Morgan fingerprint density at radius 1 is 1.30 bits per heavy atom. The number of aliphatic carboxylic acids is 1. The van der Waals surface area contributed by atoms with Crippen LogP contribution in [0.1, 0.15) is 6.42 Å². The Bertz CT molecular complexity index is 760. The number of fused-ring (bicyclic) bond motifs is 1. The molecule has 1 amide bonds. The Kier molecular flexibility index (Phi) is 4.08. The Balaban J connectivity index is 1.87. The van der Waals surface area contributed by atoms with Crippen LogP contribution >= 0.6 is 15.9 Å². The summed E-state index contributed by atoms with van der Waals surface area (Å²) in [5, 5.41) is 20.0. The molecule has 1 aliphatic heterocycles. The lowest BCUT2D eigenvalue weighted by molar-refractivity contribution is -0.141. The molecule has 1 aliphatic rings. The third kappa shape index (κ3) is 3.07. The van der Waals surface area contributed by atoms with Crippen LogP contribution in [0.3, 0.4) is 0 Å². The zero-order valence-corrected chi connectivity index (χ0v) is 13.4. The van der Waals surface area contributed by atoms with Crippen LogP contribution in [0.25, 0.3) is 10.8 Å². The Morgan fingerprint density at radius 3 is 2.74 bits per heavy atom. The van der Waals surface area contributed by atoms with Crippen LogP contribution in [-0.4, -0.2) is 50.9 Å². The van der Waals surface area contributed by atoms with E-state index >= 15 is 0 Å². The molecule has 0 aliphatic carbocycles. The van der Waals surface area contributed by atoms with Gasteiger partial charge in [-0.15, -0.1) is 0 Å². The van der Waals surface area contributed by atoms with Gasteiger partial charge in [0, 0.05) is 22.5 Å². The quantitative estimate of drug-likeness (QED) is 0.848. The number of aromatic nitrogens is 1. The molecule has 0 radical (unpaired) electrons. The van der Waals surface area contributed by atoms with Crippen LogP contribution in [0, 0.1) is 0 Å². The van der Waals surface area contributed by atoms with Gasteiger partial charge >= 0.3 is 12.1 Å². The maximum Gasteiger partial charge on any atom is 0.408 e. The van der Waals surface area contributed by atoms with Gasteiger partial charge in [-0.3, -0.25) is 4.90 Å². The van der Waals surface area contributed by atoms with Crippen molar-refractivity contribution in [1.82, 2.24) is 9.88 Å². The molecule has 0 spiro atoms. The average Bonchev–Trinajstić information content (AvgIpc) is 2.92. The number of benzene rings is 1. The lowest BCUT2D eigenvalue weighted by atomic mass is 10.1. The van der Waals surface area contributed by atoms with E-state index in [0.717, 1.165) is 20.1 Å². The first-order valence-corrected chi connectivity index (χ1v) is 7.68. The maximum atomic E-state index is 11.2. The largest absolute Gasteiger partial charge is 0.480 e. The summed E-state index contributed by atoms with van der Waals surface area (Å²) in [5.41, 5.74) is 0. The lowest BCUT2D eigenvalue weighted by Crippen LogP contribution is -2.39. The fourth-order valence-corrected chi connectivity index (χ4v) is 3.06. The number of hydrogen-bond acceptors (Lipinski definition) is 4. The first-order chi connectivity index (χ1) is 11.0. The summed E-state index contributed by atoms with van der Waals surface area (Å²) in [6.07, 6.45) is -0.126. The van der Waals surface area contributed by atoms with Gasteiger partial charge in [-0.2, -0.15) is 0 Å². The topological polar surface area (TPSA) is 100.0 Å². The molecule has 1 aromatic carbocycles. The van der Waals surface area contributed by atoms with Gasteiger partial charge < -0.3 is 14.9 Å². The summed E-state index contributed by atoms with van der Waals surface area (Å²) in [4.78, 5) is 27.4. The van der Waals surface area contributed by atoms with Gasteiger partial charge in [0.1, 0.15) is 12.1 Å². The molecule has 8 heteroatoms. The third-order valence-electron chi connectivity index (χ3n) is 3.76. The normalized spacial score (nSPS) is 20.7. The van der Waals surface area contributed by atoms with Gasteiger partial charge in [-0.1, -0.05) is 22.0 Å². The third-order valence-corrected chi connectivity index (χ3v) is 4.26. The van der Waals surface area contributed by atoms with Crippen molar-refractivity contribution in [2.24, 2.45) is 0 Å². The van der Waals surface area contributed by atoms with Crippen molar-refractivity contribution in [2.45, 2.75) is 18.6 Å². The molecule has 23 heavy (non-hydrogen) atoms. The van der Waals surface area contributed by atoms with Crippen LogP contribution in [0.2, 0.25) is 0 Å². The molecule has 120 valence electrons. The SMILES string of the molecule is O=C(O)[C@@H]1C[C@@H](Oc2nccc3ccc(Br)cc23)CN1C(=O)O. The van der Waals surface area contributed by atoms with Crippen molar-refractivity contribution in [1.29, 1.82) is 0 Å². The van der Waals surface area contributed by atoms with E-state index in [1.807, 2.05) is 24.3 Å². The van der Waals surface area contributed by atoms with E-state index in [2.05, 4.69) is 20.9 Å². The molecular weight excluding hydrogens is 368 g/mol. The molecule has 2 heterocycles. The molecule has 1 saturated heterocycles. The second-order valence-corrected chi connectivity index (χ2v) is 6.16. The van der Waals surface area contributed by atoms with E-state index in [-0.39, 0.29) is 13.0 Å². The van der Waals surface area contributed by atoms with E-state index in [9.17, 15) is 9.59 Å². The number of ether oxygens (including phenoxy) is 1. The number of carboxylic acids is 1. The highest BCUT2D eigenvalue weighted by atomic mass is 79.9. The highest BCUT2D eigenvalue weighted by molar-refractivity contribution is 9.10. The Morgan fingerprint density at radius 2 is 2.09 bits per heavy atom. The number of hydrogen-bond donors (Lipinski definition) is 2. The number of carboxylic acid groups (broad SMARTS) is 2. The Labute approximate surface area is 139 Å². The number of likely N-dealkylation sites (tertiary alicyclic amines) is 1. The molecule has 0 unspecified atom stereocenters. The van der Waals surface area contributed by atoms with E-state index in [1.54, 1.807) is 6.20 Å². The zero-order valence-electron chi connectivity index (χ0n) is 11.8. The predicted molar refractivity (Wildman–Crippen MR) is 84.6 cm³/mol. The van der Waals surface area contributed by atoms with Crippen molar-refractivity contribution >= 4 is 38.8 Å². The van der Waals surface area contributed by atoms with Gasteiger partial charge in [-0.05, 0) is 23.6 Å². The fourth-order valence-electron chi connectivity index (χ4n) is 2.69. The minimum absolute atomic E-state index is 0.00162. The van der Waals surface area contributed by atoms with Crippen LogP contribution in [0.15, 0.2) is 34.9 Å². The van der Waals surface area contributed by atoms with E-state index in [1.165, 1.54) is 0 Å².